The number of H-pyrrole nitrogens is 1. The molecule has 2 N–H and O–H groups in total. The Morgan fingerprint density at radius 3 is 2.79 bits per heavy atom. The van der Waals surface area contributed by atoms with Crippen molar-refractivity contribution in [3.8, 4) is 0 Å². The number of aromatic nitrogens is 3. The molecule has 0 saturated heterocycles. The summed E-state index contributed by atoms with van der Waals surface area (Å²) in [6, 6.07) is 4.73. The molecule has 126 valence electrons. The van der Waals surface area contributed by atoms with Gasteiger partial charge >= 0.3 is 5.97 Å². The van der Waals surface area contributed by atoms with E-state index in [1.165, 1.54) is 12.5 Å². The fraction of sp³-hybridized carbons (Fsp3) is 0.389. The number of hydrogen-bond donors (Lipinski definition) is 2. The summed E-state index contributed by atoms with van der Waals surface area (Å²) in [5, 5.41) is 9.25. The Morgan fingerprint density at radius 1 is 1.29 bits per heavy atom. The van der Waals surface area contributed by atoms with Crippen molar-refractivity contribution in [3.63, 3.8) is 0 Å². The Balaban J connectivity index is 2.21. The molecule has 24 heavy (non-hydrogen) atoms. The zero-order valence-corrected chi connectivity index (χ0v) is 13.9. The smallest absolute Gasteiger partial charge is 0.335 e. The van der Waals surface area contributed by atoms with E-state index in [0.29, 0.717) is 22.2 Å². The highest BCUT2D eigenvalue weighted by molar-refractivity contribution is 5.93. The SMILES string of the molecule is CCCCCCc1nc(C)c2c(=O)[nH]c3ccc(C(=O)O)cc3n12. The maximum Gasteiger partial charge on any atom is 0.335 e. The van der Waals surface area contributed by atoms with Crippen molar-refractivity contribution in [2.45, 2.75) is 46.0 Å². The van der Waals surface area contributed by atoms with Crippen LogP contribution in [0, 0.1) is 6.92 Å². The van der Waals surface area contributed by atoms with Gasteiger partial charge in [0.25, 0.3) is 5.56 Å². The molecule has 0 saturated carbocycles. The Bertz CT molecular complexity index is 969. The summed E-state index contributed by atoms with van der Waals surface area (Å²) in [6.07, 6.45) is 5.22. The molecule has 2 aromatic heterocycles. The molecule has 0 radical (unpaired) electrons. The van der Waals surface area contributed by atoms with Gasteiger partial charge < -0.3 is 10.1 Å². The number of unbranched alkanes of at least 4 members (excludes halogenated alkanes) is 3. The minimum absolute atomic E-state index is 0.194. The van der Waals surface area contributed by atoms with E-state index in [0.717, 1.165) is 31.5 Å². The molecule has 0 aliphatic carbocycles. The van der Waals surface area contributed by atoms with Crippen LogP contribution in [0.15, 0.2) is 23.0 Å². The van der Waals surface area contributed by atoms with Crippen LogP contribution in [-0.2, 0) is 6.42 Å². The van der Waals surface area contributed by atoms with Crippen LogP contribution >= 0.6 is 0 Å². The van der Waals surface area contributed by atoms with E-state index in [-0.39, 0.29) is 11.1 Å². The van der Waals surface area contributed by atoms with Gasteiger partial charge in [-0.05, 0) is 31.5 Å². The summed E-state index contributed by atoms with van der Waals surface area (Å²) in [6.45, 7) is 3.97. The molecule has 0 aliphatic rings. The highest BCUT2D eigenvalue weighted by atomic mass is 16.4. The number of hydrogen-bond acceptors (Lipinski definition) is 3. The minimum atomic E-state index is -0.988. The Labute approximate surface area is 139 Å². The fourth-order valence-electron chi connectivity index (χ4n) is 3.13. The summed E-state index contributed by atoms with van der Waals surface area (Å²) in [7, 11) is 0. The minimum Gasteiger partial charge on any atom is -0.478 e. The maximum atomic E-state index is 12.4. The van der Waals surface area contributed by atoms with Gasteiger partial charge in [-0.3, -0.25) is 9.20 Å². The Hall–Kier alpha value is -2.63. The van der Waals surface area contributed by atoms with Crippen LogP contribution in [0.25, 0.3) is 16.6 Å². The number of nitrogens with one attached hydrogen (secondary N) is 1. The summed E-state index contributed by atoms with van der Waals surface area (Å²) in [5.41, 5.74) is 2.45. The van der Waals surface area contributed by atoms with Crippen LogP contribution in [-0.4, -0.2) is 25.4 Å². The van der Waals surface area contributed by atoms with E-state index < -0.39 is 5.97 Å². The lowest BCUT2D eigenvalue weighted by Crippen LogP contribution is -2.12. The summed E-state index contributed by atoms with van der Waals surface area (Å²) < 4.78 is 1.82. The third kappa shape index (κ3) is 2.79. The number of aromatic amines is 1. The van der Waals surface area contributed by atoms with Crippen molar-refractivity contribution < 1.29 is 9.90 Å². The van der Waals surface area contributed by atoms with Crippen LogP contribution in [0.4, 0.5) is 0 Å². The first kappa shape index (κ1) is 16.2. The van der Waals surface area contributed by atoms with E-state index in [4.69, 9.17) is 0 Å². The molecule has 0 fully saturated rings. The molecule has 6 heteroatoms. The van der Waals surface area contributed by atoms with Crippen molar-refractivity contribution in [2.24, 2.45) is 0 Å². The van der Waals surface area contributed by atoms with E-state index in [1.807, 2.05) is 11.3 Å². The molecule has 0 aliphatic heterocycles. The monoisotopic (exact) mass is 327 g/mol. The predicted octanol–water partition coefficient (Wildman–Crippen LogP) is 3.31. The van der Waals surface area contributed by atoms with Gasteiger partial charge in [0.2, 0.25) is 0 Å². The quantitative estimate of drug-likeness (QED) is 0.680. The number of aromatic carboxylic acids is 1. The first-order valence-corrected chi connectivity index (χ1v) is 8.30. The zero-order chi connectivity index (χ0) is 17.3. The third-order valence-corrected chi connectivity index (χ3v) is 4.32. The van der Waals surface area contributed by atoms with Crippen LogP contribution in [0.5, 0.6) is 0 Å². The Morgan fingerprint density at radius 2 is 2.08 bits per heavy atom. The molecule has 3 aromatic rings. The van der Waals surface area contributed by atoms with Crippen molar-refractivity contribution in [1.82, 2.24) is 14.4 Å². The standard InChI is InChI=1S/C18H21N3O3/c1-3-4-5-6-7-15-19-11(2)16-17(22)20-13-9-8-12(18(23)24)10-14(13)21(15)16/h8-10H,3-7H2,1-2H3,(H,20,22)(H,23,24). The van der Waals surface area contributed by atoms with Gasteiger partial charge in [0, 0.05) is 6.42 Å². The molecular formula is C18H21N3O3. The van der Waals surface area contributed by atoms with Gasteiger partial charge in [0.05, 0.1) is 22.3 Å². The molecule has 0 spiro atoms. The summed E-state index contributed by atoms with van der Waals surface area (Å²) >= 11 is 0. The van der Waals surface area contributed by atoms with Gasteiger partial charge in [-0.2, -0.15) is 0 Å². The van der Waals surface area contributed by atoms with E-state index >= 15 is 0 Å². The van der Waals surface area contributed by atoms with Crippen LogP contribution in [0.3, 0.4) is 0 Å². The van der Waals surface area contributed by atoms with Gasteiger partial charge in [0.1, 0.15) is 11.3 Å². The number of rotatable bonds is 6. The lowest BCUT2D eigenvalue weighted by Gasteiger charge is -2.07. The Kier molecular flexibility index (Phi) is 4.38. The number of nitrogens with zero attached hydrogens (tertiary/aromatic N) is 2. The highest BCUT2D eigenvalue weighted by Gasteiger charge is 2.15. The van der Waals surface area contributed by atoms with Crippen LogP contribution < -0.4 is 5.56 Å². The normalized spacial score (nSPS) is 11.4. The zero-order valence-electron chi connectivity index (χ0n) is 13.9. The molecule has 0 amide bonds. The van der Waals surface area contributed by atoms with Gasteiger partial charge in [-0.1, -0.05) is 26.2 Å². The topological polar surface area (TPSA) is 87.5 Å². The first-order chi connectivity index (χ1) is 11.5. The molecule has 1 aromatic carbocycles. The van der Waals surface area contributed by atoms with E-state index in [1.54, 1.807) is 12.1 Å². The molecular weight excluding hydrogens is 306 g/mol. The number of carbonyl (C=O) groups is 1. The van der Waals surface area contributed by atoms with Gasteiger partial charge in [-0.15, -0.1) is 0 Å². The average Bonchev–Trinajstić information content (AvgIpc) is 2.89. The van der Waals surface area contributed by atoms with Crippen LogP contribution in [0.1, 0.15) is 54.5 Å². The second-order valence-electron chi connectivity index (χ2n) is 6.10. The maximum absolute atomic E-state index is 12.4. The molecule has 3 rings (SSSR count). The van der Waals surface area contributed by atoms with Crippen molar-refractivity contribution >= 4 is 22.5 Å². The lowest BCUT2D eigenvalue weighted by molar-refractivity contribution is 0.0697. The molecule has 2 heterocycles. The fourth-order valence-corrected chi connectivity index (χ4v) is 3.13. The van der Waals surface area contributed by atoms with Gasteiger partial charge in [0.15, 0.2) is 0 Å². The molecule has 6 nitrogen and oxygen atoms in total. The second-order valence-corrected chi connectivity index (χ2v) is 6.10. The summed E-state index contributed by atoms with van der Waals surface area (Å²) in [4.78, 5) is 31.1. The predicted molar refractivity (Wildman–Crippen MR) is 92.9 cm³/mol. The number of imidazole rings is 1. The number of fused-ring (bicyclic) bond motifs is 3. The molecule has 0 bridgehead atoms. The van der Waals surface area contributed by atoms with Crippen molar-refractivity contribution in [2.75, 3.05) is 0 Å². The van der Waals surface area contributed by atoms with Crippen molar-refractivity contribution in [3.05, 3.63) is 45.6 Å². The lowest BCUT2D eigenvalue weighted by atomic mass is 10.1. The van der Waals surface area contributed by atoms with Crippen LogP contribution in [0.2, 0.25) is 0 Å². The van der Waals surface area contributed by atoms with Gasteiger partial charge in [-0.25, -0.2) is 9.78 Å². The number of carboxylic acid groups (broad SMARTS) is 1. The summed E-state index contributed by atoms with van der Waals surface area (Å²) in [5.74, 6) is -0.171. The van der Waals surface area contributed by atoms with E-state index in [2.05, 4.69) is 16.9 Å². The first-order valence-electron chi connectivity index (χ1n) is 8.30. The second kappa shape index (κ2) is 6.47. The highest BCUT2D eigenvalue weighted by Crippen LogP contribution is 2.20. The van der Waals surface area contributed by atoms with E-state index in [9.17, 15) is 14.7 Å². The molecule has 0 atom stereocenters. The average molecular weight is 327 g/mol. The third-order valence-electron chi connectivity index (χ3n) is 4.32. The number of aryl methyl sites for hydroxylation is 2. The number of benzene rings is 1. The molecule has 0 unspecified atom stereocenters. The van der Waals surface area contributed by atoms with Crippen molar-refractivity contribution in [1.29, 1.82) is 0 Å². The number of carboxylic acids is 1. The largest absolute Gasteiger partial charge is 0.478 e.